The summed E-state index contributed by atoms with van der Waals surface area (Å²) in [7, 11) is -3.57. The maximum atomic E-state index is 13.1. The molecule has 0 bridgehead atoms. The number of rotatable bonds is 3. The Morgan fingerprint density at radius 1 is 1.09 bits per heavy atom. The van der Waals surface area contributed by atoms with Crippen molar-refractivity contribution >= 4 is 37.3 Å². The summed E-state index contributed by atoms with van der Waals surface area (Å²) in [6.07, 6.45) is 0. The summed E-state index contributed by atoms with van der Waals surface area (Å²) in [4.78, 5) is 2.55. The van der Waals surface area contributed by atoms with E-state index in [2.05, 4.69) is 34.7 Å². The van der Waals surface area contributed by atoms with E-state index >= 15 is 0 Å². The van der Waals surface area contributed by atoms with Gasteiger partial charge in [0.15, 0.2) is 0 Å². The molecule has 0 N–H and O–H groups in total. The molecule has 6 heteroatoms. The van der Waals surface area contributed by atoms with Gasteiger partial charge < -0.3 is 4.90 Å². The van der Waals surface area contributed by atoms with Gasteiger partial charge in [-0.15, -0.1) is 0 Å². The molecular weight excluding hydrogens is 376 g/mol. The standard InChI is InChI=1S/C17H19BrN2O2S/c1-3-19-13(2)12-20(17-7-5-4-6-16(17)19)23(21,22)15-10-8-14(18)9-11-15/h4-11,13H,3,12H2,1-2H3. The molecule has 1 heterocycles. The zero-order valence-corrected chi connectivity index (χ0v) is 15.5. The van der Waals surface area contributed by atoms with Crippen LogP contribution in [0, 0.1) is 0 Å². The number of likely N-dealkylation sites (N-methyl/N-ethyl adjacent to an activating group) is 1. The lowest BCUT2D eigenvalue weighted by Crippen LogP contribution is -2.49. The van der Waals surface area contributed by atoms with Gasteiger partial charge in [0.2, 0.25) is 0 Å². The number of para-hydroxylation sites is 2. The highest BCUT2D eigenvalue weighted by molar-refractivity contribution is 9.10. The van der Waals surface area contributed by atoms with E-state index in [1.54, 1.807) is 24.3 Å². The fourth-order valence-electron chi connectivity index (χ4n) is 3.04. The van der Waals surface area contributed by atoms with Crippen LogP contribution in [0.25, 0.3) is 0 Å². The lowest BCUT2D eigenvalue weighted by atomic mass is 10.1. The fourth-order valence-corrected chi connectivity index (χ4v) is 4.86. The van der Waals surface area contributed by atoms with Crippen molar-refractivity contribution in [1.82, 2.24) is 0 Å². The summed E-state index contributed by atoms with van der Waals surface area (Å²) in [5.41, 5.74) is 1.71. The average molecular weight is 395 g/mol. The van der Waals surface area contributed by atoms with Crippen LogP contribution in [0.3, 0.4) is 0 Å². The van der Waals surface area contributed by atoms with Crippen molar-refractivity contribution in [3.8, 4) is 0 Å². The number of halogens is 1. The minimum absolute atomic E-state index is 0.125. The predicted molar refractivity (Wildman–Crippen MR) is 97.6 cm³/mol. The number of nitrogens with zero attached hydrogens (tertiary/aromatic N) is 2. The van der Waals surface area contributed by atoms with Crippen LogP contribution in [0.5, 0.6) is 0 Å². The Morgan fingerprint density at radius 3 is 2.30 bits per heavy atom. The number of anilines is 2. The molecule has 1 aliphatic heterocycles. The SMILES string of the molecule is CCN1c2ccccc2N(S(=O)(=O)c2ccc(Br)cc2)CC1C. The molecule has 3 rings (SSSR count). The summed E-state index contributed by atoms with van der Waals surface area (Å²) >= 11 is 3.35. The Balaban J connectivity index is 2.11. The molecule has 2 aromatic rings. The molecule has 0 saturated carbocycles. The van der Waals surface area contributed by atoms with Crippen molar-refractivity contribution in [2.45, 2.75) is 24.8 Å². The average Bonchev–Trinajstić information content (AvgIpc) is 2.54. The van der Waals surface area contributed by atoms with Gasteiger partial charge >= 0.3 is 0 Å². The number of hydrogen-bond acceptors (Lipinski definition) is 3. The van der Waals surface area contributed by atoms with Gasteiger partial charge in [-0.1, -0.05) is 28.1 Å². The summed E-state index contributed by atoms with van der Waals surface area (Å²) in [5, 5.41) is 0. The van der Waals surface area contributed by atoms with Crippen molar-refractivity contribution in [3.05, 3.63) is 53.0 Å². The van der Waals surface area contributed by atoms with E-state index in [0.717, 1.165) is 22.4 Å². The van der Waals surface area contributed by atoms with Gasteiger partial charge in [-0.3, -0.25) is 4.31 Å². The predicted octanol–water partition coefficient (Wildman–Crippen LogP) is 3.87. The first kappa shape index (κ1) is 16.3. The van der Waals surface area contributed by atoms with E-state index in [0.29, 0.717) is 11.4 Å². The second kappa shape index (κ2) is 6.17. The first-order valence-corrected chi connectivity index (χ1v) is 9.82. The molecule has 0 spiro atoms. The largest absolute Gasteiger partial charge is 0.366 e. The smallest absolute Gasteiger partial charge is 0.264 e. The molecule has 1 aliphatic rings. The molecule has 0 saturated heterocycles. The topological polar surface area (TPSA) is 40.6 Å². The van der Waals surface area contributed by atoms with Gasteiger partial charge in [-0.25, -0.2) is 8.42 Å². The van der Waals surface area contributed by atoms with Crippen LogP contribution in [0.1, 0.15) is 13.8 Å². The summed E-state index contributed by atoms with van der Waals surface area (Å²) in [5.74, 6) is 0. The molecule has 122 valence electrons. The highest BCUT2D eigenvalue weighted by Gasteiger charge is 2.34. The molecule has 1 unspecified atom stereocenters. The molecule has 4 nitrogen and oxygen atoms in total. The van der Waals surface area contributed by atoms with E-state index in [4.69, 9.17) is 0 Å². The summed E-state index contributed by atoms with van der Waals surface area (Å²) in [6, 6.07) is 14.6. The fraction of sp³-hybridized carbons (Fsp3) is 0.294. The van der Waals surface area contributed by atoms with Crippen LogP contribution in [-0.2, 0) is 10.0 Å². The third kappa shape index (κ3) is 2.85. The second-order valence-corrected chi connectivity index (χ2v) is 8.39. The molecule has 0 aromatic heterocycles. The monoisotopic (exact) mass is 394 g/mol. The lowest BCUT2D eigenvalue weighted by molar-refractivity contribution is 0.574. The zero-order chi connectivity index (χ0) is 16.6. The first-order chi connectivity index (χ1) is 10.9. The quantitative estimate of drug-likeness (QED) is 0.792. The van der Waals surface area contributed by atoms with Gasteiger partial charge in [0.05, 0.1) is 22.8 Å². The number of fused-ring (bicyclic) bond motifs is 1. The van der Waals surface area contributed by atoms with Crippen molar-refractivity contribution in [2.24, 2.45) is 0 Å². The highest BCUT2D eigenvalue weighted by atomic mass is 79.9. The molecule has 0 aliphatic carbocycles. The van der Waals surface area contributed by atoms with E-state index < -0.39 is 10.0 Å². The number of sulfonamides is 1. The lowest BCUT2D eigenvalue weighted by Gasteiger charge is -2.42. The molecule has 0 radical (unpaired) electrons. The number of hydrogen-bond donors (Lipinski definition) is 0. The van der Waals surface area contributed by atoms with Crippen LogP contribution in [0.2, 0.25) is 0 Å². The van der Waals surface area contributed by atoms with Gasteiger partial charge in [-0.2, -0.15) is 0 Å². The molecule has 2 aromatic carbocycles. The van der Waals surface area contributed by atoms with E-state index in [9.17, 15) is 8.42 Å². The Labute approximate surface area is 145 Å². The maximum absolute atomic E-state index is 13.1. The van der Waals surface area contributed by atoms with Crippen molar-refractivity contribution < 1.29 is 8.42 Å². The molecular formula is C17H19BrN2O2S. The van der Waals surface area contributed by atoms with E-state index in [-0.39, 0.29) is 6.04 Å². The van der Waals surface area contributed by atoms with Gasteiger partial charge in [-0.05, 0) is 50.2 Å². The van der Waals surface area contributed by atoms with E-state index in [1.807, 2.05) is 24.3 Å². The van der Waals surface area contributed by atoms with Gasteiger partial charge in [0.25, 0.3) is 10.0 Å². The zero-order valence-electron chi connectivity index (χ0n) is 13.1. The van der Waals surface area contributed by atoms with Gasteiger partial charge in [0, 0.05) is 17.1 Å². The summed E-state index contributed by atoms with van der Waals surface area (Å²) in [6.45, 7) is 5.45. The third-order valence-corrected chi connectivity index (χ3v) is 6.49. The minimum atomic E-state index is -3.57. The van der Waals surface area contributed by atoms with Crippen LogP contribution < -0.4 is 9.21 Å². The Morgan fingerprint density at radius 2 is 1.70 bits per heavy atom. The summed E-state index contributed by atoms with van der Waals surface area (Å²) < 4.78 is 28.6. The van der Waals surface area contributed by atoms with Crippen LogP contribution in [0.15, 0.2) is 57.9 Å². The minimum Gasteiger partial charge on any atom is -0.366 e. The van der Waals surface area contributed by atoms with Crippen LogP contribution >= 0.6 is 15.9 Å². The van der Waals surface area contributed by atoms with Gasteiger partial charge in [0.1, 0.15) is 0 Å². The van der Waals surface area contributed by atoms with Crippen molar-refractivity contribution in [3.63, 3.8) is 0 Å². The molecule has 1 atom stereocenters. The van der Waals surface area contributed by atoms with Crippen LogP contribution in [-0.4, -0.2) is 27.5 Å². The normalized spacial score (nSPS) is 18.0. The molecule has 0 fully saturated rings. The third-order valence-electron chi connectivity index (χ3n) is 4.16. The second-order valence-electron chi connectivity index (χ2n) is 5.61. The Kier molecular flexibility index (Phi) is 4.38. The highest BCUT2D eigenvalue weighted by Crippen LogP contribution is 2.38. The molecule has 23 heavy (non-hydrogen) atoms. The molecule has 0 amide bonds. The maximum Gasteiger partial charge on any atom is 0.264 e. The van der Waals surface area contributed by atoms with Crippen molar-refractivity contribution in [2.75, 3.05) is 22.3 Å². The number of benzene rings is 2. The van der Waals surface area contributed by atoms with Crippen molar-refractivity contribution in [1.29, 1.82) is 0 Å². The first-order valence-electron chi connectivity index (χ1n) is 7.59. The van der Waals surface area contributed by atoms with Crippen LogP contribution in [0.4, 0.5) is 11.4 Å². The Bertz CT molecular complexity index is 806. The Hall–Kier alpha value is -1.53. The van der Waals surface area contributed by atoms with E-state index in [1.165, 1.54) is 4.31 Å².